The Labute approximate surface area is 306 Å². The van der Waals surface area contributed by atoms with E-state index in [9.17, 15) is 9.59 Å². The molecule has 8 nitrogen and oxygen atoms in total. The third kappa shape index (κ3) is 9.00. The zero-order valence-electron chi connectivity index (χ0n) is 31.4. The van der Waals surface area contributed by atoms with E-state index in [0.29, 0.717) is 28.4 Å². The molecule has 0 aromatic heterocycles. The first-order valence-electron chi connectivity index (χ1n) is 18.6. The molecule has 2 aliphatic heterocycles. The summed E-state index contributed by atoms with van der Waals surface area (Å²) in [5.74, 6) is -0.647. The van der Waals surface area contributed by atoms with Crippen molar-refractivity contribution < 1.29 is 23.8 Å². The van der Waals surface area contributed by atoms with Crippen LogP contribution in [0.2, 0.25) is 0 Å². The molecule has 9 heteroatoms. The number of fused-ring (bicyclic) bond motifs is 1. The van der Waals surface area contributed by atoms with Crippen molar-refractivity contribution in [2.75, 3.05) is 38.6 Å². The van der Waals surface area contributed by atoms with Gasteiger partial charge in [0.15, 0.2) is 5.50 Å². The number of rotatable bonds is 19. The Balaban J connectivity index is 1.65. The number of hydrogen-bond acceptors (Lipinski definition) is 9. The minimum absolute atomic E-state index is 0.326. The van der Waals surface area contributed by atoms with Crippen molar-refractivity contribution in [3.8, 4) is 5.75 Å². The molecule has 2 aromatic carbocycles. The quantitative estimate of drug-likeness (QED) is 0.0850. The smallest absolute Gasteiger partial charge is 0.338 e. The Bertz CT molecular complexity index is 1540. The molecule has 0 saturated carbocycles. The van der Waals surface area contributed by atoms with Gasteiger partial charge in [-0.25, -0.2) is 9.59 Å². The number of benzene rings is 2. The number of aryl methyl sites for hydroxylation is 2. The Kier molecular flexibility index (Phi) is 15.0. The molecule has 0 fully saturated rings. The van der Waals surface area contributed by atoms with E-state index in [4.69, 9.17) is 26.8 Å². The molecule has 2 unspecified atom stereocenters. The molecule has 1 N–H and O–H groups in total. The van der Waals surface area contributed by atoms with E-state index in [1.54, 1.807) is 7.11 Å². The van der Waals surface area contributed by atoms with Crippen molar-refractivity contribution in [2.24, 2.45) is 0 Å². The third-order valence-electron chi connectivity index (χ3n) is 10.2. The van der Waals surface area contributed by atoms with E-state index in [1.165, 1.54) is 84.8 Å². The largest absolute Gasteiger partial charge is 0.496 e. The monoisotopic (exact) mass is 705 g/mol. The van der Waals surface area contributed by atoms with Crippen LogP contribution in [0.15, 0.2) is 59.1 Å². The van der Waals surface area contributed by atoms with Gasteiger partial charge in [0.2, 0.25) is 0 Å². The number of unbranched alkanes of at least 4 members (excludes halogenated alkanes) is 12. The van der Waals surface area contributed by atoms with Crippen molar-refractivity contribution >= 4 is 35.9 Å². The van der Waals surface area contributed by atoms with Crippen molar-refractivity contribution in [1.29, 1.82) is 0 Å². The summed E-state index contributed by atoms with van der Waals surface area (Å²) in [6.45, 7) is 6.19. The fourth-order valence-electron chi connectivity index (χ4n) is 7.45. The lowest BCUT2D eigenvalue weighted by atomic mass is 9.77. The lowest BCUT2D eigenvalue weighted by Crippen LogP contribution is -2.44. The van der Waals surface area contributed by atoms with Gasteiger partial charge in [-0.2, -0.15) is 0 Å². The predicted octanol–water partition coefficient (Wildman–Crippen LogP) is 9.64. The van der Waals surface area contributed by atoms with Crippen LogP contribution >= 0.6 is 12.6 Å². The van der Waals surface area contributed by atoms with Crippen LogP contribution in [-0.4, -0.2) is 50.7 Å². The molecular formula is C41H59N3O5S. The van der Waals surface area contributed by atoms with Gasteiger partial charge >= 0.3 is 11.9 Å². The molecule has 2 atom stereocenters. The number of carbonyl (C=O) groups excluding carboxylic acids is 2. The van der Waals surface area contributed by atoms with Gasteiger partial charge in [-0.1, -0.05) is 102 Å². The Hall–Kier alpha value is -3.59. The van der Waals surface area contributed by atoms with Crippen molar-refractivity contribution in [3.63, 3.8) is 0 Å². The van der Waals surface area contributed by atoms with Crippen LogP contribution in [0.5, 0.6) is 5.75 Å². The van der Waals surface area contributed by atoms with Gasteiger partial charge in [0, 0.05) is 18.3 Å². The van der Waals surface area contributed by atoms with Crippen LogP contribution in [0, 0.1) is 6.92 Å². The van der Waals surface area contributed by atoms with Gasteiger partial charge in [-0.3, -0.25) is 4.90 Å². The van der Waals surface area contributed by atoms with Crippen LogP contribution in [0.1, 0.15) is 120 Å². The standard InChI is InChI=1S/C41H59N3O5S/c1-8-9-10-11-12-13-14-15-16-17-18-19-20-22-30-23-21-24-33(47-5)35(30)36-34(39(45)48-6)29(3)43(4)38(37(36)40(46)49-7)44-32-27-28(2)25-26-31(32)42-41(44)50/h21,23-27,36,41-42,50H,8-20,22H2,1-7H3. The highest BCUT2D eigenvalue weighted by atomic mass is 32.1. The lowest BCUT2D eigenvalue weighted by Gasteiger charge is -2.42. The Morgan fingerprint density at radius 2 is 1.38 bits per heavy atom. The zero-order chi connectivity index (χ0) is 36.2. The van der Waals surface area contributed by atoms with E-state index in [0.717, 1.165) is 47.3 Å². The zero-order valence-corrected chi connectivity index (χ0v) is 32.3. The third-order valence-corrected chi connectivity index (χ3v) is 10.6. The number of allylic oxidation sites excluding steroid dienone is 1. The highest BCUT2D eigenvalue weighted by Crippen LogP contribution is 2.50. The maximum atomic E-state index is 14.1. The second-order valence-corrected chi connectivity index (χ2v) is 14.1. The second kappa shape index (κ2) is 19.1. The van der Waals surface area contributed by atoms with Crippen LogP contribution in [-0.2, 0) is 25.5 Å². The summed E-state index contributed by atoms with van der Waals surface area (Å²) >= 11 is 4.93. The summed E-state index contributed by atoms with van der Waals surface area (Å²) in [6, 6.07) is 12.1. The van der Waals surface area contributed by atoms with Crippen LogP contribution < -0.4 is 15.0 Å². The molecular weight excluding hydrogens is 647 g/mol. The molecule has 2 heterocycles. The number of carbonyl (C=O) groups is 2. The molecule has 274 valence electrons. The number of anilines is 2. The van der Waals surface area contributed by atoms with E-state index >= 15 is 0 Å². The predicted molar refractivity (Wildman–Crippen MR) is 207 cm³/mol. The van der Waals surface area contributed by atoms with Crippen LogP contribution in [0.4, 0.5) is 11.4 Å². The summed E-state index contributed by atoms with van der Waals surface area (Å²) in [6.07, 6.45) is 17.4. The summed E-state index contributed by atoms with van der Waals surface area (Å²) in [4.78, 5) is 31.7. The van der Waals surface area contributed by atoms with E-state index in [1.807, 2.05) is 55.0 Å². The maximum Gasteiger partial charge on any atom is 0.338 e. The van der Waals surface area contributed by atoms with Gasteiger partial charge in [-0.05, 0) is 56.0 Å². The number of hydrogen-bond donors (Lipinski definition) is 2. The SMILES string of the molecule is CCCCCCCCCCCCCCCc1cccc(OC)c1C1C(C(=O)OC)=C(C)N(C)C(N2c3cc(C)ccc3NC2S)=C1C(=O)OC. The number of thiol groups is 1. The average molecular weight is 706 g/mol. The Morgan fingerprint density at radius 3 is 1.96 bits per heavy atom. The molecule has 0 spiro atoms. The van der Waals surface area contributed by atoms with Crippen molar-refractivity contribution in [1.82, 2.24) is 4.90 Å². The van der Waals surface area contributed by atoms with E-state index in [2.05, 4.69) is 24.4 Å². The minimum atomic E-state index is -0.802. The van der Waals surface area contributed by atoms with E-state index in [-0.39, 0.29) is 0 Å². The van der Waals surface area contributed by atoms with Gasteiger partial charge in [0.1, 0.15) is 11.6 Å². The molecule has 2 aliphatic rings. The van der Waals surface area contributed by atoms with Gasteiger partial charge < -0.3 is 24.4 Å². The molecule has 0 saturated heterocycles. The number of nitrogens with one attached hydrogen (secondary N) is 1. The summed E-state index contributed by atoms with van der Waals surface area (Å²) in [7, 11) is 6.24. The number of esters is 2. The number of ether oxygens (including phenoxy) is 3. The molecule has 0 aliphatic carbocycles. The molecule has 4 rings (SSSR count). The fraction of sp³-hybridized carbons (Fsp3) is 0.561. The summed E-state index contributed by atoms with van der Waals surface area (Å²) < 4.78 is 16.9. The van der Waals surface area contributed by atoms with Gasteiger partial charge in [-0.15, -0.1) is 12.6 Å². The normalized spacial score (nSPS) is 17.2. The van der Waals surface area contributed by atoms with E-state index < -0.39 is 23.4 Å². The average Bonchev–Trinajstić information content (AvgIpc) is 3.44. The lowest BCUT2D eigenvalue weighted by molar-refractivity contribution is -0.137. The first kappa shape index (κ1) is 39.2. The van der Waals surface area contributed by atoms with Crippen molar-refractivity contribution in [2.45, 2.75) is 122 Å². The molecule has 0 bridgehead atoms. The topological polar surface area (TPSA) is 80.3 Å². The molecule has 50 heavy (non-hydrogen) atoms. The first-order chi connectivity index (χ1) is 24.2. The van der Waals surface area contributed by atoms with Gasteiger partial charge in [0.05, 0.1) is 49.8 Å². The maximum absolute atomic E-state index is 14.1. The first-order valence-corrected chi connectivity index (χ1v) is 19.1. The molecule has 0 amide bonds. The highest BCUT2D eigenvalue weighted by molar-refractivity contribution is 7.81. The number of nitrogens with zero attached hydrogens (tertiary/aromatic N) is 2. The summed E-state index contributed by atoms with van der Waals surface area (Å²) in [5, 5.41) is 3.43. The second-order valence-electron chi connectivity index (χ2n) is 13.6. The van der Waals surface area contributed by atoms with Crippen molar-refractivity contribution in [3.05, 3.63) is 75.8 Å². The molecule has 2 aromatic rings. The number of methoxy groups -OCH3 is 3. The molecule has 0 radical (unpaired) electrons. The Morgan fingerprint density at radius 1 is 0.800 bits per heavy atom. The fourth-order valence-corrected chi connectivity index (χ4v) is 7.82. The van der Waals surface area contributed by atoms with Gasteiger partial charge in [0.25, 0.3) is 0 Å². The van der Waals surface area contributed by atoms with Crippen LogP contribution in [0.25, 0.3) is 0 Å². The summed E-state index contributed by atoms with van der Waals surface area (Å²) in [5.41, 5.74) is 5.58. The van der Waals surface area contributed by atoms with Crippen LogP contribution in [0.3, 0.4) is 0 Å². The highest BCUT2D eigenvalue weighted by Gasteiger charge is 2.46. The minimum Gasteiger partial charge on any atom is -0.496 e.